The highest BCUT2D eigenvalue weighted by Crippen LogP contribution is 2.39. The van der Waals surface area contributed by atoms with Gasteiger partial charge in [-0.2, -0.15) is 5.26 Å². The van der Waals surface area contributed by atoms with E-state index in [1.54, 1.807) is 0 Å². The van der Waals surface area contributed by atoms with Crippen LogP contribution in [-0.4, -0.2) is 53.4 Å². The van der Waals surface area contributed by atoms with E-state index in [0.717, 1.165) is 32.4 Å². The van der Waals surface area contributed by atoms with Gasteiger partial charge in [-0.3, -0.25) is 9.69 Å². The molecular weight excluding hydrogens is 384 g/mol. The molecule has 4 aliphatic rings. The zero-order valence-corrected chi connectivity index (χ0v) is 18.5. The molecule has 0 aromatic rings. The average Bonchev–Trinajstić information content (AvgIpc) is 3.51. The number of amides is 1. The molecular formula is C21H36N6OS. The molecule has 0 aromatic heterocycles. The van der Waals surface area contributed by atoms with E-state index < -0.39 is 0 Å². The van der Waals surface area contributed by atoms with Gasteiger partial charge in [0.1, 0.15) is 5.50 Å². The molecule has 4 fully saturated rings. The van der Waals surface area contributed by atoms with Crippen molar-refractivity contribution in [1.29, 1.82) is 5.26 Å². The summed E-state index contributed by atoms with van der Waals surface area (Å²) in [6.45, 7) is 3.20. The van der Waals surface area contributed by atoms with Gasteiger partial charge in [0.15, 0.2) is 0 Å². The van der Waals surface area contributed by atoms with Crippen molar-refractivity contribution in [2.45, 2.75) is 87.2 Å². The van der Waals surface area contributed by atoms with Crippen LogP contribution in [0.25, 0.3) is 0 Å². The van der Waals surface area contributed by atoms with Gasteiger partial charge in [-0.1, -0.05) is 13.3 Å². The fraction of sp³-hybridized carbons (Fsp3) is 0.905. The number of piperidine rings is 1. The molecule has 2 aliphatic carbocycles. The van der Waals surface area contributed by atoms with Crippen molar-refractivity contribution in [2.24, 2.45) is 17.8 Å². The standard InChI is InChI=1S/C21H36N6OS/c1-13(29-21-26-23-12-27(21)2)15-4-3-5-17(10-15)24-20(28)18-9-8-16(11-22)19(25-18)14-6-7-14/h13-19,21,23,25-26H,3-10,12H2,1-2H3,(H,24,28)/t13-,15?,16?,17?,18?,19?,21?/m0/s1. The number of nitrogens with zero attached hydrogens (tertiary/aromatic N) is 2. The average molecular weight is 421 g/mol. The summed E-state index contributed by atoms with van der Waals surface area (Å²) in [4.78, 5) is 15.2. The van der Waals surface area contributed by atoms with Crippen molar-refractivity contribution in [3.63, 3.8) is 0 Å². The highest BCUT2D eigenvalue weighted by atomic mass is 32.2. The molecule has 2 saturated heterocycles. The van der Waals surface area contributed by atoms with Crippen LogP contribution >= 0.6 is 11.8 Å². The SMILES string of the molecule is C[C@H](SC1NNCN1C)C1CCCC(NC(=O)C2CCC(C#N)C(C3CC3)N2)C1. The molecule has 2 aliphatic heterocycles. The largest absolute Gasteiger partial charge is 0.352 e. The third-order valence-corrected chi connectivity index (χ3v) is 8.78. The lowest BCUT2D eigenvalue weighted by atomic mass is 9.83. The third-order valence-electron chi connectivity index (χ3n) is 7.23. The Morgan fingerprint density at radius 1 is 1.24 bits per heavy atom. The Balaban J connectivity index is 1.26. The van der Waals surface area contributed by atoms with E-state index in [1.807, 2.05) is 11.8 Å². The van der Waals surface area contributed by atoms with E-state index in [-0.39, 0.29) is 30.0 Å². The number of nitriles is 1. The van der Waals surface area contributed by atoms with Crippen LogP contribution in [0.4, 0.5) is 0 Å². The van der Waals surface area contributed by atoms with Crippen LogP contribution < -0.4 is 21.5 Å². The number of hydrazine groups is 1. The number of thioether (sulfide) groups is 1. The first kappa shape index (κ1) is 21.4. The first-order chi connectivity index (χ1) is 14.0. The van der Waals surface area contributed by atoms with E-state index >= 15 is 0 Å². The Bertz CT molecular complexity index is 623. The highest BCUT2D eigenvalue weighted by molar-refractivity contribution is 8.00. The van der Waals surface area contributed by atoms with Gasteiger partial charge < -0.3 is 10.6 Å². The second kappa shape index (κ2) is 9.52. The van der Waals surface area contributed by atoms with E-state index in [2.05, 4.69) is 46.4 Å². The van der Waals surface area contributed by atoms with Crippen molar-refractivity contribution in [3.8, 4) is 6.07 Å². The smallest absolute Gasteiger partial charge is 0.237 e. The lowest BCUT2D eigenvalue weighted by molar-refractivity contribution is -0.125. The number of hydrogen-bond acceptors (Lipinski definition) is 7. The van der Waals surface area contributed by atoms with E-state index in [1.165, 1.54) is 25.7 Å². The predicted molar refractivity (Wildman–Crippen MR) is 115 cm³/mol. The molecule has 29 heavy (non-hydrogen) atoms. The molecule has 2 saturated carbocycles. The molecule has 0 radical (unpaired) electrons. The zero-order chi connectivity index (χ0) is 20.4. The number of rotatable bonds is 6. The zero-order valence-electron chi connectivity index (χ0n) is 17.7. The molecule has 0 aromatic carbocycles. The first-order valence-corrected chi connectivity index (χ1v) is 12.3. The summed E-state index contributed by atoms with van der Waals surface area (Å²) < 4.78 is 0. The van der Waals surface area contributed by atoms with Crippen LogP contribution in [-0.2, 0) is 4.79 Å². The van der Waals surface area contributed by atoms with Gasteiger partial charge in [0.25, 0.3) is 0 Å². The third kappa shape index (κ3) is 5.26. The Morgan fingerprint density at radius 3 is 2.76 bits per heavy atom. The van der Waals surface area contributed by atoms with Crippen LogP contribution in [0.5, 0.6) is 0 Å². The van der Waals surface area contributed by atoms with E-state index in [0.29, 0.717) is 22.6 Å². The molecule has 2 heterocycles. The van der Waals surface area contributed by atoms with Crippen molar-refractivity contribution < 1.29 is 4.79 Å². The maximum absolute atomic E-state index is 13.0. The molecule has 162 valence electrons. The topological polar surface area (TPSA) is 92.2 Å². The molecule has 7 nitrogen and oxygen atoms in total. The molecule has 6 unspecified atom stereocenters. The maximum atomic E-state index is 13.0. The summed E-state index contributed by atoms with van der Waals surface area (Å²) in [5, 5.41) is 16.9. The minimum absolute atomic E-state index is 0.0697. The summed E-state index contributed by atoms with van der Waals surface area (Å²) in [6, 6.07) is 2.83. The van der Waals surface area contributed by atoms with Gasteiger partial charge in [-0.05, 0) is 63.8 Å². The fourth-order valence-corrected chi connectivity index (χ4v) is 6.53. The van der Waals surface area contributed by atoms with Gasteiger partial charge >= 0.3 is 0 Å². The number of nitrogens with one attached hydrogen (secondary N) is 4. The van der Waals surface area contributed by atoms with Crippen LogP contribution in [0.1, 0.15) is 58.3 Å². The minimum Gasteiger partial charge on any atom is -0.352 e. The van der Waals surface area contributed by atoms with Crippen molar-refractivity contribution in [2.75, 3.05) is 13.7 Å². The summed E-state index contributed by atoms with van der Waals surface area (Å²) in [5.41, 5.74) is 6.84. The van der Waals surface area contributed by atoms with E-state index in [9.17, 15) is 10.1 Å². The molecule has 8 heteroatoms. The maximum Gasteiger partial charge on any atom is 0.237 e. The Hall–Kier alpha value is -0.850. The van der Waals surface area contributed by atoms with Crippen LogP contribution in [0.3, 0.4) is 0 Å². The van der Waals surface area contributed by atoms with Crippen molar-refractivity contribution >= 4 is 17.7 Å². The summed E-state index contributed by atoms with van der Waals surface area (Å²) in [7, 11) is 2.13. The molecule has 0 spiro atoms. The Morgan fingerprint density at radius 2 is 2.07 bits per heavy atom. The lowest BCUT2D eigenvalue weighted by Crippen LogP contribution is -2.56. The number of hydrogen-bond donors (Lipinski definition) is 4. The molecule has 1 amide bonds. The van der Waals surface area contributed by atoms with Crippen LogP contribution in [0, 0.1) is 29.1 Å². The first-order valence-electron chi connectivity index (χ1n) is 11.3. The second-order valence-electron chi connectivity index (χ2n) is 9.46. The molecule has 7 atom stereocenters. The summed E-state index contributed by atoms with van der Waals surface area (Å²) in [6.07, 6.45) is 8.62. The summed E-state index contributed by atoms with van der Waals surface area (Å²) in [5.74, 6) is 1.46. The monoisotopic (exact) mass is 420 g/mol. The molecule has 0 bridgehead atoms. The number of carbonyl (C=O) groups is 1. The number of carbonyl (C=O) groups excluding carboxylic acids is 1. The molecule has 4 rings (SSSR count). The Kier molecular flexibility index (Phi) is 7.02. The van der Waals surface area contributed by atoms with Crippen LogP contribution in [0.2, 0.25) is 0 Å². The van der Waals surface area contributed by atoms with Crippen molar-refractivity contribution in [3.05, 3.63) is 0 Å². The summed E-state index contributed by atoms with van der Waals surface area (Å²) >= 11 is 1.98. The van der Waals surface area contributed by atoms with Crippen molar-refractivity contribution in [1.82, 2.24) is 26.4 Å². The van der Waals surface area contributed by atoms with Gasteiger partial charge in [-0.15, -0.1) is 11.8 Å². The van der Waals surface area contributed by atoms with Gasteiger partial charge in [-0.25, -0.2) is 10.9 Å². The quantitative estimate of drug-likeness (QED) is 0.520. The minimum atomic E-state index is -0.125. The lowest BCUT2D eigenvalue weighted by Gasteiger charge is -2.37. The van der Waals surface area contributed by atoms with E-state index in [4.69, 9.17) is 0 Å². The van der Waals surface area contributed by atoms with Crippen LogP contribution in [0.15, 0.2) is 0 Å². The normalized spacial score (nSPS) is 39.6. The fourth-order valence-electron chi connectivity index (χ4n) is 5.22. The highest BCUT2D eigenvalue weighted by Gasteiger charge is 2.42. The second-order valence-corrected chi connectivity index (χ2v) is 10.9. The van der Waals surface area contributed by atoms with Gasteiger partial charge in [0.2, 0.25) is 5.91 Å². The van der Waals surface area contributed by atoms with Gasteiger partial charge in [0, 0.05) is 17.3 Å². The van der Waals surface area contributed by atoms with Gasteiger partial charge in [0.05, 0.1) is 24.7 Å². The predicted octanol–water partition coefficient (Wildman–Crippen LogP) is 1.73. The Labute approximate surface area is 179 Å². The molecule has 4 N–H and O–H groups in total.